The molecule has 2 nitrogen and oxygen atoms in total. The van der Waals surface area contributed by atoms with E-state index in [1.54, 1.807) is 0 Å². The van der Waals surface area contributed by atoms with Gasteiger partial charge < -0.3 is 9.88 Å². The van der Waals surface area contributed by atoms with E-state index in [-0.39, 0.29) is 5.41 Å². The normalized spacial score (nSPS) is 15.3. The van der Waals surface area contributed by atoms with Crippen molar-refractivity contribution in [1.82, 2.24) is 4.98 Å². The van der Waals surface area contributed by atoms with Gasteiger partial charge in [0.05, 0.1) is 11.4 Å². The first-order valence-corrected chi connectivity index (χ1v) is 13.9. The van der Waals surface area contributed by atoms with E-state index < -0.39 is 0 Å². The van der Waals surface area contributed by atoms with Crippen LogP contribution in [0, 0.1) is 0 Å². The Kier molecular flexibility index (Phi) is 4.73. The highest BCUT2D eigenvalue weighted by molar-refractivity contribution is 6.17. The zero-order valence-electron chi connectivity index (χ0n) is 22.3. The summed E-state index contributed by atoms with van der Waals surface area (Å²) in [4.78, 5) is 6.14. The lowest BCUT2D eigenvalue weighted by Gasteiger charge is -2.42. The van der Waals surface area contributed by atoms with Crippen LogP contribution in [-0.4, -0.2) is 4.98 Å². The minimum Gasteiger partial charge on any atom is -0.354 e. The molecule has 0 spiro atoms. The molecule has 2 heterocycles. The fraction of sp³-hybridized carbons (Fsp3) is 0.135. The minimum absolute atomic E-state index is 0.136. The summed E-state index contributed by atoms with van der Waals surface area (Å²) in [6, 6.07) is 38.0. The second-order valence-corrected chi connectivity index (χ2v) is 11.4. The molecule has 1 N–H and O–H groups in total. The first-order chi connectivity index (χ1) is 19.1. The summed E-state index contributed by atoms with van der Waals surface area (Å²) < 4.78 is 0. The molecule has 2 aliphatic rings. The Morgan fingerprint density at radius 3 is 2.38 bits per heavy atom. The number of nitrogens with one attached hydrogen (secondary N) is 1. The zero-order valence-corrected chi connectivity index (χ0v) is 22.3. The van der Waals surface area contributed by atoms with Crippen molar-refractivity contribution in [2.24, 2.45) is 0 Å². The number of aromatic nitrogens is 1. The number of hydrogen-bond donors (Lipinski definition) is 1. The van der Waals surface area contributed by atoms with Crippen molar-refractivity contribution < 1.29 is 0 Å². The summed E-state index contributed by atoms with van der Waals surface area (Å²) in [7, 11) is 0. The number of allylic oxidation sites excluding steroid dienone is 1. The van der Waals surface area contributed by atoms with Crippen LogP contribution in [0.15, 0.2) is 109 Å². The van der Waals surface area contributed by atoms with Crippen molar-refractivity contribution in [1.29, 1.82) is 0 Å². The van der Waals surface area contributed by atoms with Gasteiger partial charge in [-0.2, -0.15) is 0 Å². The predicted molar refractivity (Wildman–Crippen MR) is 165 cm³/mol. The third-order valence-electron chi connectivity index (χ3n) is 8.84. The van der Waals surface area contributed by atoms with Crippen molar-refractivity contribution in [2.75, 3.05) is 4.90 Å². The number of fused-ring (bicyclic) bond motifs is 7. The van der Waals surface area contributed by atoms with E-state index in [1.165, 1.54) is 72.2 Å². The summed E-state index contributed by atoms with van der Waals surface area (Å²) in [5.74, 6) is 0. The molecule has 1 aliphatic heterocycles. The molecule has 8 rings (SSSR count). The Hall–Kier alpha value is -4.56. The van der Waals surface area contributed by atoms with Crippen molar-refractivity contribution in [2.45, 2.75) is 32.1 Å². The van der Waals surface area contributed by atoms with Crippen LogP contribution in [0.3, 0.4) is 0 Å². The average molecular weight is 503 g/mol. The average Bonchev–Trinajstić information content (AvgIpc) is 3.37. The molecule has 1 aliphatic carbocycles. The highest BCUT2D eigenvalue weighted by atomic mass is 15.2. The number of H-pyrrole nitrogens is 1. The molecule has 0 saturated carbocycles. The van der Waals surface area contributed by atoms with Gasteiger partial charge in [-0.25, -0.2) is 0 Å². The predicted octanol–water partition coefficient (Wildman–Crippen LogP) is 10.1. The number of aromatic amines is 1. The molecule has 0 amide bonds. The number of hydrogen-bond acceptors (Lipinski definition) is 1. The summed E-state index contributed by atoms with van der Waals surface area (Å²) in [5.41, 5.74) is 14.0. The zero-order chi connectivity index (χ0) is 26.1. The van der Waals surface area contributed by atoms with E-state index in [9.17, 15) is 0 Å². The molecule has 1 aromatic heterocycles. The lowest BCUT2D eigenvalue weighted by atomic mass is 9.72. The van der Waals surface area contributed by atoms with E-state index in [0.717, 1.165) is 12.8 Å². The van der Waals surface area contributed by atoms with Crippen molar-refractivity contribution in [3.8, 4) is 11.1 Å². The van der Waals surface area contributed by atoms with E-state index in [1.807, 2.05) is 0 Å². The van der Waals surface area contributed by atoms with Crippen LogP contribution >= 0.6 is 0 Å². The number of rotatable bonds is 2. The summed E-state index contributed by atoms with van der Waals surface area (Å²) >= 11 is 0. The Balaban J connectivity index is 1.40. The van der Waals surface area contributed by atoms with Gasteiger partial charge in [-0.15, -0.1) is 0 Å². The Morgan fingerprint density at radius 1 is 0.692 bits per heavy atom. The van der Waals surface area contributed by atoms with Crippen LogP contribution in [0.4, 0.5) is 17.1 Å². The second kappa shape index (κ2) is 8.22. The fourth-order valence-electron chi connectivity index (χ4n) is 6.92. The summed E-state index contributed by atoms with van der Waals surface area (Å²) in [5, 5.41) is 2.67. The van der Waals surface area contributed by atoms with Crippen LogP contribution in [0.2, 0.25) is 0 Å². The molecular formula is C37H30N2. The van der Waals surface area contributed by atoms with Gasteiger partial charge in [0.15, 0.2) is 0 Å². The van der Waals surface area contributed by atoms with Gasteiger partial charge in [0.1, 0.15) is 0 Å². The van der Waals surface area contributed by atoms with Gasteiger partial charge in [-0.3, -0.25) is 0 Å². The molecule has 0 atom stereocenters. The summed E-state index contributed by atoms with van der Waals surface area (Å²) in [6.07, 6.45) is 6.88. The molecule has 0 fully saturated rings. The third-order valence-corrected chi connectivity index (χ3v) is 8.84. The first-order valence-electron chi connectivity index (χ1n) is 13.9. The molecule has 188 valence electrons. The molecule has 0 radical (unpaired) electrons. The molecule has 0 saturated heterocycles. The molecule has 0 unspecified atom stereocenters. The minimum atomic E-state index is -0.136. The monoisotopic (exact) mass is 502 g/mol. The number of anilines is 3. The van der Waals surface area contributed by atoms with Crippen LogP contribution in [0.5, 0.6) is 0 Å². The number of aryl methyl sites for hydroxylation is 1. The van der Waals surface area contributed by atoms with Gasteiger partial charge in [0.2, 0.25) is 0 Å². The van der Waals surface area contributed by atoms with Crippen LogP contribution in [0.1, 0.15) is 42.5 Å². The maximum atomic E-state index is 3.72. The van der Waals surface area contributed by atoms with Gasteiger partial charge in [-0.1, -0.05) is 86.7 Å². The third kappa shape index (κ3) is 3.21. The second-order valence-electron chi connectivity index (χ2n) is 11.4. The van der Waals surface area contributed by atoms with Crippen molar-refractivity contribution in [3.63, 3.8) is 0 Å². The molecule has 2 heteroatoms. The SMILES string of the molecule is CC1(C)c2ccccc2N(c2ccccc2)c2ccc(-c3cccc4[nH]c5ccc6c(c5c34)C=CCC6)cc21. The maximum absolute atomic E-state index is 3.72. The number of benzene rings is 5. The van der Waals surface area contributed by atoms with Crippen LogP contribution in [-0.2, 0) is 11.8 Å². The lowest BCUT2D eigenvalue weighted by Crippen LogP contribution is -2.30. The number of para-hydroxylation sites is 2. The highest BCUT2D eigenvalue weighted by Crippen LogP contribution is 2.53. The molecule has 6 aromatic rings. The first kappa shape index (κ1) is 22.4. The smallest absolute Gasteiger partial charge is 0.0503 e. The van der Waals surface area contributed by atoms with Crippen LogP contribution in [0.25, 0.3) is 39.0 Å². The van der Waals surface area contributed by atoms with Gasteiger partial charge in [0, 0.05) is 32.9 Å². The molecular weight excluding hydrogens is 472 g/mol. The van der Waals surface area contributed by atoms with Gasteiger partial charge >= 0.3 is 0 Å². The molecule has 5 aromatic carbocycles. The number of nitrogens with zero attached hydrogens (tertiary/aromatic N) is 1. The van der Waals surface area contributed by atoms with E-state index in [4.69, 9.17) is 0 Å². The highest BCUT2D eigenvalue weighted by Gasteiger charge is 2.37. The van der Waals surface area contributed by atoms with Gasteiger partial charge in [-0.05, 0) is 88.7 Å². The van der Waals surface area contributed by atoms with Crippen molar-refractivity contribution >= 4 is 44.9 Å². The van der Waals surface area contributed by atoms with Crippen molar-refractivity contribution in [3.05, 3.63) is 131 Å². The van der Waals surface area contributed by atoms with Gasteiger partial charge in [0.25, 0.3) is 0 Å². The Labute approximate surface area is 229 Å². The quantitative estimate of drug-likeness (QED) is 0.250. The largest absolute Gasteiger partial charge is 0.354 e. The topological polar surface area (TPSA) is 19.0 Å². The van der Waals surface area contributed by atoms with E-state index in [0.29, 0.717) is 0 Å². The van der Waals surface area contributed by atoms with Crippen LogP contribution < -0.4 is 4.90 Å². The standard InChI is InChI=1S/C37H30N2/c1-37(2)29-16-8-9-18-33(29)39(26-12-4-3-5-13-26)34-22-20-25(23-30(34)37)28-15-10-17-31-36(28)35-27-14-7-6-11-24(27)19-21-32(35)38-31/h3-5,7-10,12-23,38H,6,11H2,1-2H3. The lowest BCUT2D eigenvalue weighted by molar-refractivity contribution is 0.632. The molecule has 0 bridgehead atoms. The Morgan fingerprint density at radius 2 is 1.49 bits per heavy atom. The maximum Gasteiger partial charge on any atom is 0.0503 e. The fourth-order valence-corrected chi connectivity index (χ4v) is 6.92. The van der Waals surface area contributed by atoms with E-state index in [2.05, 4.69) is 139 Å². The Bertz CT molecular complexity index is 1940. The summed E-state index contributed by atoms with van der Waals surface area (Å²) in [6.45, 7) is 4.73. The molecule has 39 heavy (non-hydrogen) atoms. The van der Waals surface area contributed by atoms with E-state index >= 15 is 0 Å².